The van der Waals surface area contributed by atoms with E-state index < -0.39 is 6.10 Å². The smallest absolute Gasteiger partial charge is 0.237 e. The molecule has 0 radical (unpaired) electrons. The summed E-state index contributed by atoms with van der Waals surface area (Å²) in [4.78, 5) is 11.7. The van der Waals surface area contributed by atoms with Crippen LogP contribution in [-0.2, 0) is 11.3 Å². The zero-order chi connectivity index (χ0) is 13.1. The first-order valence-electron chi connectivity index (χ1n) is 6.00. The molecular formula is C13H17FN2O2. The van der Waals surface area contributed by atoms with Crippen LogP contribution in [0.1, 0.15) is 17.5 Å². The standard InChI is InChI=1S/C13H17FN2O2/c1-8-2-3-9(4-11(8)14)6-16-13(18)12-5-10(17)7-15-12/h2-4,10,12,15,17H,5-7H2,1H3,(H,16,18). The fourth-order valence-electron chi connectivity index (χ4n) is 1.98. The molecule has 1 aliphatic rings. The number of aliphatic hydroxyl groups excluding tert-OH is 1. The first kappa shape index (κ1) is 13.0. The van der Waals surface area contributed by atoms with E-state index in [4.69, 9.17) is 0 Å². The second-order valence-electron chi connectivity index (χ2n) is 4.65. The molecule has 1 saturated heterocycles. The van der Waals surface area contributed by atoms with Gasteiger partial charge in [0.1, 0.15) is 5.82 Å². The first-order valence-corrected chi connectivity index (χ1v) is 6.00. The lowest BCUT2D eigenvalue weighted by Gasteiger charge is -2.11. The van der Waals surface area contributed by atoms with E-state index in [1.165, 1.54) is 6.07 Å². The summed E-state index contributed by atoms with van der Waals surface area (Å²) in [7, 11) is 0. The zero-order valence-corrected chi connectivity index (χ0v) is 10.2. The predicted molar refractivity (Wildman–Crippen MR) is 65.4 cm³/mol. The molecular weight excluding hydrogens is 235 g/mol. The summed E-state index contributed by atoms with van der Waals surface area (Å²) in [5.74, 6) is -0.427. The van der Waals surface area contributed by atoms with Crippen LogP contribution in [0.5, 0.6) is 0 Å². The van der Waals surface area contributed by atoms with E-state index in [2.05, 4.69) is 10.6 Å². The van der Waals surface area contributed by atoms with E-state index in [0.717, 1.165) is 5.56 Å². The maximum atomic E-state index is 13.3. The second-order valence-corrected chi connectivity index (χ2v) is 4.65. The number of carbonyl (C=O) groups excluding carboxylic acids is 1. The Kier molecular flexibility index (Phi) is 3.93. The Balaban J connectivity index is 1.87. The van der Waals surface area contributed by atoms with E-state index in [-0.39, 0.29) is 17.8 Å². The van der Waals surface area contributed by atoms with Crippen LogP contribution in [0.25, 0.3) is 0 Å². The number of amides is 1. The van der Waals surface area contributed by atoms with Crippen molar-refractivity contribution in [2.75, 3.05) is 6.54 Å². The topological polar surface area (TPSA) is 61.4 Å². The minimum Gasteiger partial charge on any atom is -0.392 e. The van der Waals surface area contributed by atoms with Gasteiger partial charge < -0.3 is 15.7 Å². The van der Waals surface area contributed by atoms with Gasteiger partial charge in [-0.3, -0.25) is 4.79 Å². The molecule has 5 heteroatoms. The molecule has 2 atom stereocenters. The quantitative estimate of drug-likeness (QED) is 0.733. The van der Waals surface area contributed by atoms with Gasteiger partial charge in [0, 0.05) is 13.1 Å². The highest BCUT2D eigenvalue weighted by Gasteiger charge is 2.27. The maximum Gasteiger partial charge on any atom is 0.237 e. The van der Waals surface area contributed by atoms with Crippen molar-refractivity contribution in [2.45, 2.75) is 32.0 Å². The van der Waals surface area contributed by atoms with Crippen LogP contribution in [0.15, 0.2) is 18.2 Å². The van der Waals surface area contributed by atoms with Crippen LogP contribution >= 0.6 is 0 Å². The average Bonchev–Trinajstić information content (AvgIpc) is 2.77. The molecule has 2 unspecified atom stereocenters. The van der Waals surface area contributed by atoms with Crippen molar-refractivity contribution >= 4 is 5.91 Å². The molecule has 1 aliphatic heterocycles. The highest BCUT2D eigenvalue weighted by molar-refractivity contribution is 5.82. The Bertz CT molecular complexity index is 451. The third-order valence-electron chi connectivity index (χ3n) is 3.13. The lowest BCUT2D eigenvalue weighted by atomic mass is 10.1. The van der Waals surface area contributed by atoms with Crippen molar-refractivity contribution < 1.29 is 14.3 Å². The van der Waals surface area contributed by atoms with E-state index in [1.54, 1.807) is 19.1 Å². The van der Waals surface area contributed by atoms with Crippen molar-refractivity contribution in [3.05, 3.63) is 35.1 Å². The Labute approximate surface area is 105 Å². The van der Waals surface area contributed by atoms with E-state index >= 15 is 0 Å². The van der Waals surface area contributed by atoms with E-state index in [0.29, 0.717) is 25.1 Å². The molecule has 1 heterocycles. The SMILES string of the molecule is Cc1ccc(CNC(=O)C2CC(O)CN2)cc1F. The molecule has 1 amide bonds. The summed E-state index contributed by atoms with van der Waals surface area (Å²) in [6, 6.07) is 4.55. The van der Waals surface area contributed by atoms with Gasteiger partial charge in [-0.1, -0.05) is 12.1 Å². The molecule has 1 aromatic carbocycles. The zero-order valence-electron chi connectivity index (χ0n) is 10.2. The average molecular weight is 252 g/mol. The highest BCUT2D eigenvalue weighted by Crippen LogP contribution is 2.10. The van der Waals surface area contributed by atoms with Crippen molar-refractivity contribution in [3.63, 3.8) is 0 Å². The number of rotatable bonds is 3. The van der Waals surface area contributed by atoms with E-state index in [9.17, 15) is 14.3 Å². The van der Waals surface area contributed by atoms with E-state index in [1.807, 2.05) is 0 Å². The molecule has 0 aromatic heterocycles. The van der Waals surface area contributed by atoms with Gasteiger partial charge in [-0.15, -0.1) is 0 Å². The number of benzene rings is 1. The van der Waals surface area contributed by atoms with Crippen LogP contribution in [0.4, 0.5) is 4.39 Å². The van der Waals surface area contributed by atoms with Gasteiger partial charge in [0.15, 0.2) is 0 Å². The molecule has 0 bridgehead atoms. The van der Waals surface area contributed by atoms with Gasteiger partial charge in [0.05, 0.1) is 12.1 Å². The number of aryl methyl sites for hydroxylation is 1. The van der Waals surface area contributed by atoms with Crippen LogP contribution in [0.3, 0.4) is 0 Å². The molecule has 1 fully saturated rings. The van der Waals surface area contributed by atoms with Gasteiger partial charge in [-0.05, 0) is 30.5 Å². The number of hydrogen-bond donors (Lipinski definition) is 3. The third-order valence-corrected chi connectivity index (χ3v) is 3.13. The predicted octanol–water partition coefficient (Wildman–Crippen LogP) is 0.473. The lowest BCUT2D eigenvalue weighted by molar-refractivity contribution is -0.123. The van der Waals surface area contributed by atoms with Gasteiger partial charge in [0.2, 0.25) is 5.91 Å². The summed E-state index contributed by atoms with van der Waals surface area (Å²) in [5.41, 5.74) is 1.32. The highest BCUT2D eigenvalue weighted by atomic mass is 19.1. The lowest BCUT2D eigenvalue weighted by Crippen LogP contribution is -2.40. The summed E-state index contributed by atoms with van der Waals surface area (Å²) in [5, 5.41) is 15.0. The second kappa shape index (κ2) is 5.46. The van der Waals surface area contributed by atoms with Gasteiger partial charge in [-0.2, -0.15) is 0 Å². The Hall–Kier alpha value is -1.46. The Morgan fingerprint density at radius 1 is 1.61 bits per heavy atom. The normalized spacial score (nSPS) is 23.1. The minimum atomic E-state index is -0.461. The Morgan fingerprint density at radius 2 is 2.39 bits per heavy atom. The number of halogens is 1. The van der Waals surface area contributed by atoms with Gasteiger partial charge in [0.25, 0.3) is 0 Å². The van der Waals surface area contributed by atoms with Crippen LogP contribution in [-0.4, -0.2) is 29.7 Å². The third kappa shape index (κ3) is 3.05. The largest absolute Gasteiger partial charge is 0.392 e. The van der Waals surface area contributed by atoms with Crippen molar-refractivity contribution in [2.24, 2.45) is 0 Å². The minimum absolute atomic E-state index is 0.160. The monoisotopic (exact) mass is 252 g/mol. The number of hydrogen-bond acceptors (Lipinski definition) is 3. The van der Waals surface area contributed by atoms with Crippen LogP contribution in [0.2, 0.25) is 0 Å². The summed E-state index contributed by atoms with van der Waals surface area (Å²) >= 11 is 0. The fourth-order valence-corrected chi connectivity index (χ4v) is 1.98. The summed E-state index contributed by atoms with van der Waals surface area (Å²) in [6.07, 6.45) is -0.0359. The number of carbonyl (C=O) groups is 1. The van der Waals surface area contributed by atoms with Crippen LogP contribution in [0, 0.1) is 12.7 Å². The molecule has 4 nitrogen and oxygen atoms in total. The molecule has 2 rings (SSSR count). The van der Waals surface area contributed by atoms with Crippen molar-refractivity contribution in [1.82, 2.24) is 10.6 Å². The fraction of sp³-hybridized carbons (Fsp3) is 0.462. The molecule has 1 aromatic rings. The van der Waals surface area contributed by atoms with Gasteiger partial charge in [-0.25, -0.2) is 4.39 Å². The molecule has 18 heavy (non-hydrogen) atoms. The Morgan fingerprint density at radius 3 is 3.00 bits per heavy atom. The van der Waals surface area contributed by atoms with Crippen LogP contribution < -0.4 is 10.6 Å². The summed E-state index contributed by atoms with van der Waals surface area (Å²) in [6.45, 7) is 2.43. The van der Waals surface area contributed by atoms with Gasteiger partial charge >= 0.3 is 0 Å². The number of aliphatic hydroxyl groups is 1. The number of β-amino-alcohol motifs (C(OH)–C–C–N with tert-alkyl or cyclic N) is 1. The molecule has 0 spiro atoms. The van der Waals surface area contributed by atoms with Crippen molar-refractivity contribution in [1.29, 1.82) is 0 Å². The molecule has 98 valence electrons. The summed E-state index contributed by atoms with van der Waals surface area (Å²) < 4.78 is 13.3. The first-order chi connectivity index (χ1) is 8.56. The molecule has 3 N–H and O–H groups in total. The maximum absolute atomic E-state index is 13.3. The van der Waals surface area contributed by atoms with Crippen molar-refractivity contribution in [3.8, 4) is 0 Å². The molecule has 0 aliphatic carbocycles. The number of nitrogens with one attached hydrogen (secondary N) is 2. The molecule has 0 saturated carbocycles.